The molecule has 1 N–H and O–H groups in total. The summed E-state index contributed by atoms with van der Waals surface area (Å²) in [5, 5.41) is 3.60. The highest BCUT2D eigenvalue weighted by atomic mass is 35.5. The van der Waals surface area contributed by atoms with Crippen LogP contribution in [0, 0.1) is 0 Å². The van der Waals surface area contributed by atoms with Gasteiger partial charge in [0.05, 0.1) is 33.5 Å². The van der Waals surface area contributed by atoms with Gasteiger partial charge in [-0.15, -0.1) is 0 Å². The van der Waals surface area contributed by atoms with Gasteiger partial charge < -0.3 is 10.2 Å². The Balaban J connectivity index is 1.45. The number of halogens is 1. The number of carbonyl (C=O) groups is 2. The van der Waals surface area contributed by atoms with E-state index >= 15 is 0 Å². The van der Waals surface area contributed by atoms with Crippen molar-refractivity contribution >= 4 is 55.4 Å². The Bertz CT molecular complexity index is 1290. The SMILES string of the molecule is CCS(=O)(=O)c1ccc(CC(=O)Nc2nc3c(s2)C(=O)N(c2ccccc2Cl)CC3)cc1. The number of hydrogen-bond donors (Lipinski definition) is 1. The van der Waals surface area contributed by atoms with Crippen LogP contribution < -0.4 is 10.2 Å². The zero-order valence-electron chi connectivity index (χ0n) is 17.2. The molecule has 7 nitrogen and oxygen atoms in total. The molecule has 3 aromatic rings. The molecule has 0 saturated heterocycles. The molecular formula is C22H20ClN3O4S2. The minimum atomic E-state index is -3.28. The highest BCUT2D eigenvalue weighted by molar-refractivity contribution is 7.91. The minimum absolute atomic E-state index is 0.0220. The number of hydrogen-bond acceptors (Lipinski definition) is 6. The van der Waals surface area contributed by atoms with Crippen LogP contribution in [0.3, 0.4) is 0 Å². The first kappa shape index (κ1) is 22.4. The molecule has 4 rings (SSSR count). The second kappa shape index (κ2) is 9.01. The third kappa shape index (κ3) is 4.55. The van der Waals surface area contributed by atoms with Gasteiger partial charge in [-0.2, -0.15) is 0 Å². The molecule has 2 aromatic carbocycles. The Kier molecular flexibility index (Phi) is 6.32. The summed E-state index contributed by atoms with van der Waals surface area (Å²) in [5.74, 6) is -0.462. The van der Waals surface area contributed by atoms with E-state index in [1.807, 2.05) is 12.1 Å². The van der Waals surface area contributed by atoms with Gasteiger partial charge in [-0.25, -0.2) is 13.4 Å². The maximum absolute atomic E-state index is 13.0. The van der Waals surface area contributed by atoms with E-state index < -0.39 is 9.84 Å². The largest absolute Gasteiger partial charge is 0.306 e. The van der Waals surface area contributed by atoms with Gasteiger partial charge in [-0.3, -0.25) is 9.59 Å². The molecule has 0 spiro atoms. The van der Waals surface area contributed by atoms with Crippen molar-refractivity contribution in [3.8, 4) is 0 Å². The molecule has 2 amide bonds. The number of fused-ring (bicyclic) bond motifs is 1. The maximum atomic E-state index is 13.0. The highest BCUT2D eigenvalue weighted by Gasteiger charge is 2.30. The van der Waals surface area contributed by atoms with E-state index in [-0.39, 0.29) is 28.9 Å². The normalized spacial score (nSPS) is 13.7. The van der Waals surface area contributed by atoms with Crippen molar-refractivity contribution in [1.29, 1.82) is 0 Å². The Labute approximate surface area is 195 Å². The van der Waals surface area contributed by atoms with Crippen molar-refractivity contribution in [3.05, 3.63) is 69.7 Å². The Morgan fingerprint density at radius 2 is 1.91 bits per heavy atom. The number of carbonyl (C=O) groups excluding carboxylic acids is 2. The monoisotopic (exact) mass is 489 g/mol. The van der Waals surface area contributed by atoms with Crippen LogP contribution in [0.5, 0.6) is 0 Å². The van der Waals surface area contributed by atoms with Crippen molar-refractivity contribution in [2.24, 2.45) is 0 Å². The number of benzene rings is 2. The van der Waals surface area contributed by atoms with Gasteiger partial charge in [0.1, 0.15) is 4.88 Å². The molecule has 0 saturated carbocycles. The Morgan fingerprint density at radius 1 is 1.19 bits per heavy atom. The standard InChI is InChI=1S/C22H20ClN3O4S2/c1-2-32(29,30)15-9-7-14(8-10-15)13-19(27)25-22-24-17-11-12-26(21(28)20(17)31-22)18-6-4-3-5-16(18)23/h3-10H,2,11-13H2,1H3,(H,24,25,27). The van der Waals surface area contributed by atoms with Crippen molar-refractivity contribution in [1.82, 2.24) is 4.98 Å². The lowest BCUT2D eigenvalue weighted by Crippen LogP contribution is -2.37. The fraction of sp³-hybridized carbons (Fsp3) is 0.227. The second-order valence-electron chi connectivity index (χ2n) is 7.23. The van der Waals surface area contributed by atoms with E-state index in [4.69, 9.17) is 11.6 Å². The Hall–Kier alpha value is -2.75. The van der Waals surface area contributed by atoms with Crippen LogP contribution in [0.25, 0.3) is 0 Å². The predicted octanol–water partition coefficient (Wildman–Crippen LogP) is 3.97. The van der Waals surface area contributed by atoms with Gasteiger partial charge in [-0.1, -0.05) is 54.1 Å². The number of rotatable bonds is 6. The number of nitrogens with one attached hydrogen (secondary N) is 1. The molecular weight excluding hydrogens is 470 g/mol. The zero-order valence-corrected chi connectivity index (χ0v) is 19.6. The summed E-state index contributed by atoms with van der Waals surface area (Å²) in [7, 11) is -3.28. The summed E-state index contributed by atoms with van der Waals surface area (Å²) < 4.78 is 23.8. The number of nitrogens with zero attached hydrogens (tertiary/aromatic N) is 2. The molecule has 32 heavy (non-hydrogen) atoms. The number of amides is 2. The molecule has 0 fully saturated rings. The summed E-state index contributed by atoms with van der Waals surface area (Å²) in [6, 6.07) is 13.4. The first-order chi connectivity index (χ1) is 15.3. The molecule has 1 aliphatic heterocycles. The number of para-hydroxylation sites is 1. The summed E-state index contributed by atoms with van der Waals surface area (Å²) in [6.45, 7) is 2.04. The van der Waals surface area contributed by atoms with Crippen LogP contribution in [0.4, 0.5) is 10.8 Å². The van der Waals surface area contributed by atoms with Crippen molar-refractivity contribution in [2.75, 3.05) is 22.5 Å². The molecule has 0 atom stereocenters. The van der Waals surface area contributed by atoms with Crippen LogP contribution in [-0.4, -0.2) is 37.5 Å². The third-order valence-electron chi connectivity index (χ3n) is 5.13. The lowest BCUT2D eigenvalue weighted by Gasteiger charge is -2.26. The lowest BCUT2D eigenvalue weighted by molar-refractivity contribution is -0.115. The molecule has 0 radical (unpaired) electrons. The first-order valence-electron chi connectivity index (χ1n) is 9.96. The fourth-order valence-corrected chi connectivity index (χ4v) is 5.51. The van der Waals surface area contributed by atoms with Gasteiger partial charge in [0, 0.05) is 13.0 Å². The van der Waals surface area contributed by atoms with Gasteiger partial charge in [0.2, 0.25) is 5.91 Å². The third-order valence-corrected chi connectivity index (χ3v) is 8.20. The van der Waals surface area contributed by atoms with Crippen LogP contribution in [0.1, 0.15) is 27.9 Å². The Morgan fingerprint density at radius 3 is 2.59 bits per heavy atom. The van der Waals surface area contributed by atoms with Gasteiger partial charge >= 0.3 is 0 Å². The number of sulfone groups is 1. The molecule has 1 aliphatic rings. The van der Waals surface area contributed by atoms with E-state index in [0.717, 1.165) is 11.3 Å². The molecule has 166 valence electrons. The quantitative estimate of drug-likeness (QED) is 0.565. The number of aromatic nitrogens is 1. The summed E-state index contributed by atoms with van der Waals surface area (Å²) in [5.41, 5.74) is 1.99. The maximum Gasteiger partial charge on any atom is 0.270 e. The molecule has 0 unspecified atom stereocenters. The van der Waals surface area contributed by atoms with Gasteiger partial charge in [-0.05, 0) is 29.8 Å². The minimum Gasteiger partial charge on any atom is -0.306 e. The van der Waals surface area contributed by atoms with Crippen molar-refractivity contribution in [3.63, 3.8) is 0 Å². The van der Waals surface area contributed by atoms with E-state index in [2.05, 4.69) is 10.3 Å². The predicted molar refractivity (Wildman–Crippen MR) is 125 cm³/mol. The zero-order chi connectivity index (χ0) is 22.9. The van der Waals surface area contributed by atoms with Crippen LogP contribution in [0.2, 0.25) is 5.02 Å². The van der Waals surface area contributed by atoms with Gasteiger partial charge in [0.15, 0.2) is 15.0 Å². The average Bonchev–Trinajstić information content (AvgIpc) is 3.18. The van der Waals surface area contributed by atoms with Crippen molar-refractivity contribution < 1.29 is 18.0 Å². The highest BCUT2D eigenvalue weighted by Crippen LogP contribution is 2.33. The van der Waals surface area contributed by atoms with E-state index in [9.17, 15) is 18.0 Å². The van der Waals surface area contributed by atoms with Crippen LogP contribution in [0.15, 0.2) is 53.4 Å². The average molecular weight is 490 g/mol. The van der Waals surface area contributed by atoms with E-state index in [0.29, 0.717) is 44.9 Å². The molecule has 0 aliphatic carbocycles. The van der Waals surface area contributed by atoms with E-state index in [1.54, 1.807) is 36.1 Å². The molecule has 0 bridgehead atoms. The summed E-state index contributed by atoms with van der Waals surface area (Å²) in [6.07, 6.45) is 0.627. The summed E-state index contributed by atoms with van der Waals surface area (Å²) in [4.78, 5) is 32.2. The number of thiazole rings is 1. The topological polar surface area (TPSA) is 96.4 Å². The number of anilines is 2. The smallest absolute Gasteiger partial charge is 0.270 e. The lowest BCUT2D eigenvalue weighted by atomic mass is 10.1. The van der Waals surface area contributed by atoms with Crippen molar-refractivity contribution in [2.45, 2.75) is 24.7 Å². The van der Waals surface area contributed by atoms with Gasteiger partial charge in [0.25, 0.3) is 5.91 Å². The fourth-order valence-electron chi connectivity index (χ4n) is 3.41. The first-order valence-corrected chi connectivity index (χ1v) is 12.8. The molecule has 10 heteroatoms. The molecule has 1 aromatic heterocycles. The summed E-state index contributed by atoms with van der Waals surface area (Å²) >= 11 is 7.39. The van der Waals surface area contributed by atoms with E-state index in [1.165, 1.54) is 12.1 Å². The second-order valence-corrected chi connectivity index (χ2v) is 10.9. The molecule has 2 heterocycles. The van der Waals surface area contributed by atoms with Crippen LogP contribution in [-0.2, 0) is 27.5 Å². The van der Waals surface area contributed by atoms with Crippen LogP contribution >= 0.6 is 22.9 Å².